The number of rotatable bonds is 7. The number of allylic oxidation sites excluding steroid dienone is 1. The van der Waals surface area contributed by atoms with Crippen molar-refractivity contribution in [1.29, 1.82) is 0 Å². The average Bonchev–Trinajstić information content (AvgIpc) is 3.49. The minimum absolute atomic E-state index is 0.0563. The second-order valence-corrected chi connectivity index (χ2v) is 8.49. The number of ether oxygens (including phenoxy) is 2. The van der Waals surface area contributed by atoms with Crippen LogP contribution in [0.3, 0.4) is 0 Å². The first-order valence-corrected chi connectivity index (χ1v) is 10.4. The lowest BCUT2D eigenvalue weighted by atomic mass is 9.95. The van der Waals surface area contributed by atoms with Crippen LogP contribution in [0, 0.1) is 5.92 Å². The van der Waals surface area contributed by atoms with E-state index in [4.69, 9.17) is 4.74 Å². The van der Waals surface area contributed by atoms with Crippen molar-refractivity contribution in [2.45, 2.75) is 43.0 Å². The molecule has 1 unspecified atom stereocenters. The van der Waals surface area contributed by atoms with Crippen LogP contribution in [-0.4, -0.2) is 47.0 Å². The van der Waals surface area contributed by atoms with Crippen LogP contribution in [0.5, 0.6) is 5.75 Å². The highest BCUT2D eigenvalue weighted by molar-refractivity contribution is 7.82. The number of nitrogens with zero attached hydrogens (tertiary/aromatic N) is 1. The van der Waals surface area contributed by atoms with Crippen molar-refractivity contribution < 1.29 is 31.6 Å². The van der Waals surface area contributed by atoms with Crippen LogP contribution in [-0.2, 0) is 20.5 Å². The number of halogens is 3. The van der Waals surface area contributed by atoms with Gasteiger partial charge in [0.05, 0.1) is 12.0 Å². The first kappa shape index (κ1) is 21.6. The summed E-state index contributed by atoms with van der Waals surface area (Å²) in [5, 5.41) is 2.89. The summed E-state index contributed by atoms with van der Waals surface area (Å²) < 4.78 is 60.4. The molecule has 2 aliphatic rings. The Kier molecular flexibility index (Phi) is 6.84. The normalized spacial score (nSPS) is 20.2. The minimum Gasteiger partial charge on any atom is -0.501 e. The third-order valence-electron chi connectivity index (χ3n) is 4.78. The molecule has 1 N–H and O–H groups in total. The number of carbonyl (C=O) groups excluding carboxylic acids is 1. The van der Waals surface area contributed by atoms with Gasteiger partial charge in [0.15, 0.2) is 0 Å². The zero-order valence-corrected chi connectivity index (χ0v) is 16.7. The van der Waals surface area contributed by atoms with Gasteiger partial charge in [-0.1, -0.05) is 0 Å². The first-order chi connectivity index (χ1) is 13.7. The van der Waals surface area contributed by atoms with Crippen LogP contribution in [0.15, 0.2) is 41.0 Å². The molecule has 0 bridgehead atoms. The van der Waals surface area contributed by atoms with Crippen LogP contribution in [0.4, 0.5) is 13.2 Å². The van der Waals surface area contributed by atoms with E-state index in [-0.39, 0.29) is 23.6 Å². The highest BCUT2D eigenvalue weighted by Gasteiger charge is 2.31. The molecule has 1 aromatic carbocycles. The topological polar surface area (TPSA) is 67.9 Å². The predicted octanol–water partition coefficient (Wildman–Crippen LogP) is 3.13. The lowest BCUT2D eigenvalue weighted by Gasteiger charge is -2.31. The van der Waals surface area contributed by atoms with Crippen LogP contribution >= 0.6 is 0 Å². The second kappa shape index (κ2) is 9.17. The minimum atomic E-state index is -4.76. The van der Waals surface area contributed by atoms with Gasteiger partial charge in [-0.05, 0) is 49.9 Å². The van der Waals surface area contributed by atoms with Crippen molar-refractivity contribution in [2.24, 2.45) is 5.92 Å². The van der Waals surface area contributed by atoms with Crippen molar-refractivity contribution >= 4 is 16.9 Å². The molecule has 10 heteroatoms. The molecule has 0 radical (unpaired) electrons. The fourth-order valence-corrected chi connectivity index (χ4v) is 4.37. The molecule has 1 saturated carbocycles. The van der Waals surface area contributed by atoms with Gasteiger partial charge in [-0.3, -0.25) is 4.79 Å². The van der Waals surface area contributed by atoms with Crippen molar-refractivity contribution in [3.8, 4) is 5.75 Å². The highest BCUT2D eigenvalue weighted by Crippen LogP contribution is 2.29. The molecule has 1 aromatic rings. The number of methoxy groups -OCH3 is 1. The molecule has 1 aliphatic heterocycles. The van der Waals surface area contributed by atoms with Gasteiger partial charge in [0, 0.05) is 31.1 Å². The number of alkyl halides is 3. The van der Waals surface area contributed by atoms with E-state index in [2.05, 4.69) is 10.1 Å². The standard InChI is InChI=1S/C19H23F3N2O4S/c1-27-17(12-18(25)23-14-2-3-14)13-8-10-24(11-9-13)29(26)16-6-4-15(5-7-16)28-19(20,21)22/h4-7,12-14H,2-3,8-11H2,1H3,(H,23,25). The Balaban J connectivity index is 1.54. The molecular weight excluding hydrogens is 409 g/mol. The van der Waals surface area contributed by atoms with Crippen LogP contribution in [0.1, 0.15) is 25.7 Å². The van der Waals surface area contributed by atoms with Crippen molar-refractivity contribution in [3.05, 3.63) is 36.1 Å². The highest BCUT2D eigenvalue weighted by atomic mass is 32.2. The van der Waals surface area contributed by atoms with Gasteiger partial charge in [-0.2, -0.15) is 0 Å². The van der Waals surface area contributed by atoms with E-state index >= 15 is 0 Å². The van der Waals surface area contributed by atoms with Crippen LogP contribution in [0.2, 0.25) is 0 Å². The average molecular weight is 432 g/mol. The molecule has 3 rings (SSSR count). The predicted molar refractivity (Wildman–Crippen MR) is 100 cm³/mol. The largest absolute Gasteiger partial charge is 0.573 e. The lowest BCUT2D eigenvalue weighted by molar-refractivity contribution is -0.274. The van der Waals surface area contributed by atoms with Gasteiger partial charge in [0.2, 0.25) is 5.91 Å². The summed E-state index contributed by atoms with van der Waals surface area (Å²) in [6.07, 6.45) is 0.0826. The lowest BCUT2D eigenvalue weighted by Crippen LogP contribution is -2.36. The number of amides is 1. The van der Waals surface area contributed by atoms with Gasteiger partial charge in [0.1, 0.15) is 22.5 Å². The van der Waals surface area contributed by atoms with E-state index in [0.717, 1.165) is 25.0 Å². The van der Waals surface area contributed by atoms with Gasteiger partial charge >= 0.3 is 6.36 Å². The molecule has 6 nitrogen and oxygen atoms in total. The quantitative estimate of drug-likeness (QED) is 0.531. The van der Waals surface area contributed by atoms with Gasteiger partial charge in [-0.15, -0.1) is 13.2 Å². The first-order valence-electron chi connectivity index (χ1n) is 9.34. The Morgan fingerprint density at radius 2 is 1.79 bits per heavy atom. The summed E-state index contributed by atoms with van der Waals surface area (Å²) >= 11 is 0. The number of hydrogen-bond acceptors (Lipinski definition) is 4. The molecule has 1 atom stereocenters. The van der Waals surface area contributed by atoms with Crippen molar-refractivity contribution in [3.63, 3.8) is 0 Å². The molecule has 2 fully saturated rings. The third-order valence-corrected chi connectivity index (χ3v) is 6.29. The van der Waals surface area contributed by atoms with Gasteiger partial charge in [-0.25, -0.2) is 8.51 Å². The van der Waals surface area contributed by atoms with E-state index in [1.54, 1.807) is 4.31 Å². The van der Waals surface area contributed by atoms with Crippen LogP contribution < -0.4 is 10.1 Å². The summed E-state index contributed by atoms with van der Waals surface area (Å²) in [5.74, 6) is 0.163. The van der Waals surface area contributed by atoms with Crippen molar-refractivity contribution in [1.82, 2.24) is 9.62 Å². The van der Waals surface area contributed by atoms with E-state index < -0.39 is 17.3 Å². The summed E-state index contributed by atoms with van der Waals surface area (Å²) in [4.78, 5) is 12.4. The molecule has 0 spiro atoms. The maximum absolute atomic E-state index is 12.7. The zero-order valence-electron chi connectivity index (χ0n) is 15.9. The van der Waals surface area contributed by atoms with E-state index in [1.165, 1.54) is 25.3 Å². The van der Waals surface area contributed by atoms with Crippen LogP contribution in [0.25, 0.3) is 0 Å². The number of hydrogen-bond donors (Lipinski definition) is 1. The third kappa shape index (κ3) is 6.46. The molecule has 0 aromatic heterocycles. The van der Waals surface area contributed by atoms with Crippen molar-refractivity contribution in [2.75, 3.05) is 20.2 Å². The Hall–Kier alpha value is -2.07. The van der Waals surface area contributed by atoms with Gasteiger partial charge < -0.3 is 14.8 Å². The number of carbonyl (C=O) groups is 1. The summed E-state index contributed by atoms with van der Waals surface area (Å²) in [6.45, 7) is 1.03. The molecular formula is C19H23F3N2O4S. The maximum atomic E-state index is 12.7. The molecule has 160 valence electrons. The Morgan fingerprint density at radius 3 is 2.31 bits per heavy atom. The Bertz CT molecular complexity index is 771. The SMILES string of the molecule is COC(=CC(=O)NC1CC1)C1CCN(S(=O)c2ccc(OC(F)(F)F)cc2)CC1. The summed E-state index contributed by atoms with van der Waals surface area (Å²) in [5.41, 5.74) is 0. The van der Waals surface area contributed by atoms with E-state index in [9.17, 15) is 22.2 Å². The molecule has 1 heterocycles. The summed E-state index contributed by atoms with van der Waals surface area (Å²) in [6, 6.07) is 5.31. The van der Waals surface area contributed by atoms with Gasteiger partial charge in [0.25, 0.3) is 0 Å². The Morgan fingerprint density at radius 1 is 1.17 bits per heavy atom. The maximum Gasteiger partial charge on any atom is 0.573 e. The molecule has 1 amide bonds. The zero-order chi connectivity index (χ0) is 21.0. The number of piperidine rings is 1. The molecule has 1 aliphatic carbocycles. The summed E-state index contributed by atoms with van der Waals surface area (Å²) in [7, 11) is 0.0484. The molecule has 29 heavy (non-hydrogen) atoms. The Labute approximate surface area is 169 Å². The molecule has 1 saturated heterocycles. The second-order valence-electron chi connectivity index (χ2n) is 7.01. The fourth-order valence-electron chi connectivity index (χ4n) is 3.16. The number of benzene rings is 1. The van der Waals surface area contributed by atoms with E-state index in [1.807, 2.05) is 0 Å². The van der Waals surface area contributed by atoms with E-state index in [0.29, 0.717) is 36.6 Å². The fraction of sp³-hybridized carbons (Fsp3) is 0.526. The smallest absolute Gasteiger partial charge is 0.501 e. The number of nitrogens with one attached hydrogen (secondary N) is 1. The monoisotopic (exact) mass is 432 g/mol.